The molecule has 2 aliphatic heterocycles. The predicted molar refractivity (Wildman–Crippen MR) is 163 cm³/mol. The van der Waals surface area contributed by atoms with Gasteiger partial charge in [0, 0.05) is 13.2 Å². The van der Waals surface area contributed by atoms with Crippen molar-refractivity contribution >= 4 is 36.5 Å². The van der Waals surface area contributed by atoms with E-state index in [2.05, 4.69) is 85.8 Å². The topological polar surface area (TPSA) is 51.2 Å². The van der Waals surface area contributed by atoms with E-state index in [1.54, 1.807) is 16.7 Å². The van der Waals surface area contributed by atoms with Gasteiger partial charge in [-0.3, -0.25) is 4.90 Å². The van der Waals surface area contributed by atoms with E-state index >= 15 is 0 Å². The van der Waals surface area contributed by atoms with Gasteiger partial charge in [-0.05, 0) is 55.4 Å². The Kier molecular flexibility index (Phi) is 8.35. The third-order valence-electron chi connectivity index (χ3n) is 7.39. The van der Waals surface area contributed by atoms with Gasteiger partial charge >= 0.3 is 6.09 Å². The number of rotatable bonds is 6. The number of amides is 1. The Bertz CT molecular complexity index is 1120. The summed E-state index contributed by atoms with van der Waals surface area (Å²) < 4.78 is 19.9. The molecule has 0 bridgehead atoms. The molecule has 2 heterocycles. The van der Waals surface area contributed by atoms with Crippen LogP contribution < -0.4 is 10.4 Å². The minimum Gasteiger partial charge on any atom is -0.444 e. The maximum Gasteiger partial charge on any atom is 0.412 e. The molecule has 1 unspecified atom stereocenters. The first kappa shape index (κ1) is 29.7. The number of nitrogens with zero attached hydrogens (tertiary/aromatic N) is 2. The number of hydrogen-bond donors (Lipinski definition) is 0. The number of benzene rings is 2. The summed E-state index contributed by atoms with van der Waals surface area (Å²) in [4.78, 5) is 17.7. The van der Waals surface area contributed by atoms with Gasteiger partial charge in [0.05, 0.1) is 12.6 Å². The molecule has 6 nitrogen and oxygen atoms in total. The van der Waals surface area contributed by atoms with Crippen molar-refractivity contribution < 1.29 is 18.7 Å². The van der Waals surface area contributed by atoms with Crippen LogP contribution in [0.2, 0.25) is 5.04 Å². The average Bonchev–Trinajstić information content (AvgIpc) is 3.38. The molecular formula is C31H44N2O4SSi. The Hall–Kier alpha value is -2.26. The van der Waals surface area contributed by atoms with Crippen molar-refractivity contribution in [3.63, 3.8) is 0 Å². The summed E-state index contributed by atoms with van der Waals surface area (Å²) in [6, 6.07) is 20.8. The Morgan fingerprint density at radius 1 is 0.974 bits per heavy atom. The van der Waals surface area contributed by atoms with E-state index in [0.29, 0.717) is 6.61 Å². The van der Waals surface area contributed by atoms with Gasteiger partial charge in [0.25, 0.3) is 8.32 Å². The number of carbonyl (C=O) groups excluding carboxylic acids is 1. The Morgan fingerprint density at radius 2 is 1.51 bits per heavy atom. The van der Waals surface area contributed by atoms with E-state index in [-0.39, 0.29) is 28.7 Å². The van der Waals surface area contributed by atoms with Crippen LogP contribution in [0.3, 0.4) is 0 Å². The summed E-state index contributed by atoms with van der Waals surface area (Å²) in [5, 5.41) is 4.33. The Morgan fingerprint density at radius 3 is 1.95 bits per heavy atom. The molecule has 0 aliphatic carbocycles. The van der Waals surface area contributed by atoms with E-state index in [1.165, 1.54) is 10.4 Å². The molecule has 0 N–H and O–H groups in total. The second-order valence-corrected chi connectivity index (χ2v) is 18.2. The summed E-state index contributed by atoms with van der Waals surface area (Å²) in [6.45, 7) is 16.7. The summed E-state index contributed by atoms with van der Waals surface area (Å²) in [7, 11) is -0.782. The van der Waals surface area contributed by atoms with Crippen molar-refractivity contribution in [1.29, 1.82) is 0 Å². The van der Waals surface area contributed by atoms with Gasteiger partial charge in [-0.25, -0.2) is 4.79 Å². The average molecular weight is 569 g/mol. The lowest BCUT2D eigenvalue weighted by Crippen LogP contribution is -2.68. The van der Waals surface area contributed by atoms with Crippen molar-refractivity contribution in [2.45, 2.75) is 89.3 Å². The van der Waals surface area contributed by atoms with Crippen molar-refractivity contribution in [2.75, 3.05) is 13.7 Å². The standard InChI is InChI=1S/C31H44N2O4SSi/c1-29(2,3)37-28(34)33-25(26(36-31(33,7)8)27-32(9)20-21-38-27)22-35-39(30(4,5)6,23-16-12-10-13-17-23)24-18-14-11-15-19-24/h10-21,25-27H,22H2,1-9H3/t25-,26+,27?/m1/s1. The van der Waals surface area contributed by atoms with Gasteiger partial charge in [-0.1, -0.05) is 81.4 Å². The van der Waals surface area contributed by atoms with Crippen LogP contribution >= 0.6 is 11.8 Å². The third kappa shape index (κ3) is 5.94. The van der Waals surface area contributed by atoms with Gasteiger partial charge in [0.1, 0.15) is 22.8 Å². The molecule has 4 rings (SSSR count). The zero-order chi connectivity index (χ0) is 28.6. The first-order chi connectivity index (χ1) is 18.2. The molecule has 1 fully saturated rings. The van der Waals surface area contributed by atoms with Crippen LogP contribution in [0.5, 0.6) is 0 Å². The van der Waals surface area contributed by atoms with Crippen LogP contribution in [0.4, 0.5) is 4.79 Å². The van der Waals surface area contributed by atoms with Crippen LogP contribution in [-0.2, 0) is 13.9 Å². The summed E-state index contributed by atoms with van der Waals surface area (Å²) in [6.07, 6.45) is 1.39. The highest BCUT2D eigenvalue weighted by atomic mass is 32.2. The summed E-state index contributed by atoms with van der Waals surface area (Å²) in [5.41, 5.74) is -1.49. The van der Waals surface area contributed by atoms with E-state index in [9.17, 15) is 4.79 Å². The van der Waals surface area contributed by atoms with Gasteiger partial charge in [-0.2, -0.15) is 0 Å². The molecule has 2 aliphatic rings. The molecule has 8 heteroatoms. The van der Waals surface area contributed by atoms with E-state index in [4.69, 9.17) is 13.9 Å². The zero-order valence-electron chi connectivity index (χ0n) is 24.8. The van der Waals surface area contributed by atoms with Gasteiger partial charge in [0.15, 0.2) is 0 Å². The molecule has 0 saturated carbocycles. The maximum absolute atomic E-state index is 13.7. The zero-order valence-corrected chi connectivity index (χ0v) is 26.6. The minimum atomic E-state index is -2.83. The van der Waals surface area contributed by atoms with Crippen molar-refractivity contribution in [2.24, 2.45) is 0 Å². The molecule has 0 aromatic heterocycles. The normalized spacial score (nSPS) is 23.4. The first-order valence-electron chi connectivity index (χ1n) is 13.7. The number of ether oxygens (including phenoxy) is 2. The molecule has 0 spiro atoms. The Balaban J connectivity index is 1.80. The number of thioether (sulfide) groups is 1. The fourth-order valence-electron chi connectivity index (χ4n) is 5.77. The van der Waals surface area contributed by atoms with Gasteiger partial charge < -0.3 is 18.8 Å². The van der Waals surface area contributed by atoms with Crippen LogP contribution in [0.1, 0.15) is 55.4 Å². The SMILES string of the molecule is CN1C=CSC1[C@H]1OC(C)(C)N(C(=O)OC(C)(C)C)[C@@H]1CO[Si](c1ccccc1)(c1ccccc1)C(C)(C)C. The lowest BCUT2D eigenvalue weighted by atomic mass is 10.1. The van der Waals surface area contributed by atoms with Crippen LogP contribution in [0.25, 0.3) is 0 Å². The predicted octanol–water partition coefficient (Wildman–Crippen LogP) is 5.78. The summed E-state index contributed by atoms with van der Waals surface area (Å²) in [5.74, 6) is 0. The van der Waals surface area contributed by atoms with Crippen LogP contribution in [0, 0.1) is 0 Å². The van der Waals surface area contributed by atoms with Crippen molar-refractivity contribution in [1.82, 2.24) is 9.80 Å². The van der Waals surface area contributed by atoms with Gasteiger partial charge in [-0.15, -0.1) is 11.8 Å². The number of carbonyl (C=O) groups is 1. The van der Waals surface area contributed by atoms with E-state index < -0.39 is 19.6 Å². The van der Waals surface area contributed by atoms with Crippen LogP contribution in [0.15, 0.2) is 72.3 Å². The third-order valence-corrected chi connectivity index (χ3v) is 13.6. The minimum absolute atomic E-state index is 0.0180. The smallest absolute Gasteiger partial charge is 0.412 e. The fraction of sp³-hybridized carbons (Fsp3) is 0.516. The van der Waals surface area contributed by atoms with E-state index in [0.717, 1.165) is 0 Å². The number of hydrogen-bond acceptors (Lipinski definition) is 6. The second kappa shape index (κ2) is 11.0. The molecule has 1 saturated heterocycles. The lowest BCUT2D eigenvalue weighted by molar-refractivity contribution is -0.0832. The molecular weight excluding hydrogens is 525 g/mol. The molecule has 39 heavy (non-hydrogen) atoms. The van der Waals surface area contributed by atoms with Gasteiger partial charge in [0.2, 0.25) is 0 Å². The monoisotopic (exact) mass is 568 g/mol. The van der Waals surface area contributed by atoms with E-state index in [1.807, 2.05) is 53.8 Å². The molecule has 2 aromatic carbocycles. The van der Waals surface area contributed by atoms with Crippen LogP contribution in [-0.4, -0.2) is 66.7 Å². The largest absolute Gasteiger partial charge is 0.444 e. The van der Waals surface area contributed by atoms with Crippen molar-refractivity contribution in [3.05, 3.63) is 72.3 Å². The summed E-state index contributed by atoms with van der Waals surface area (Å²) >= 11 is 1.71. The molecule has 1 amide bonds. The first-order valence-corrected chi connectivity index (χ1v) is 16.5. The maximum atomic E-state index is 13.7. The second-order valence-electron chi connectivity index (χ2n) is 12.9. The fourth-order valence-corrected chi connectivity index (χ4v) is 11.4. The quantitative estimate of drug-likeness (QED) is 0.412. The van der Waals surface area contributed by atoms with Crippen molar-refractivity contribution in [3.8, 4) is 0 Å². The molecule has 3 atom stereocenters. The lowest BCUT2D eigenvalue weighted by Gasteiger charge is -2.44. The molecule has 212 valence electrons. The molecule has 0 radical (unpaired) electrons. The highest BCUT2D eigenvalue weighted by Gasteiger charge is 2.57. The molecule has 2 aromatic rings. The highest BCUT2D eigenvalue weighted by molar-refractivity contribution is 8.02. The number of likely N-dealkylation sites (N-methyl/N-ethyl adjacent to an activating group) is 1. The Labute approximate surface area is 239 Å². The highest BCUT2D eigenvalue weighted by Crippen LogP contribution is 2.43.